The first-order valence-corrected chi connectivity index (χ1v) is 7.90. The van der Waals surface area contributed by atoms with Crippen molar-refractivity contribution in [1.82, 2.24) is 0 Å². The summed E-state index contributed by atoms with van der Waals surface area (Å²) in [6, 6.07) is 16.3. The first-order valence-electron chi connectivity index (χ1n) is 7.90. The van der Waals surface area contributed by atoms with Crippen LogP contribution in [0.5, 0.6) is 0 Å². The molecule has 0 unspecified atom stereocenters. The molecular formula is C20H17NO4. The Kier molecular flexibility index (Phi) is 4.95. The molecule has 1 aromatic heterocycles. The first-order chi connectivity index (χ1) is 12.2. The molecule has 1 heterocycles. The summed E-state index contributed by atoms with van der Waals surface area (Å²) in [7, 11) is 0. The molecule has 0 fully saturated rings. The third-order valence-electron chi connectivity index (χ3n) is 3.52. The van der Waals surface area contributed by atoms with E-state index in [-0.39, 0.29) is 17.6 Å². The Morgan fingerprint density at radius 1 is 1.12 bits per heavy atom. The molecule has 25 heavy (non-hydrogen) atoms. The van der Waals surface area contributed by atoms with Crippen LogP contribution in [-0.2, 0) is 9.53 Å². The van der Waals surface area contributed by atoms with Crippen LogP contribution in [0.15, 0.2) is 65.1 Å². The van der Waals surface area contributed by atoms with Gasteiger partial charge in [0.05, 0.1) is 6.61 Å². The maximum absolute atomic E-state index is 12.3. The Morgan fingerprint density at radius 2 is 1.88 bits per heavy atom. The van der Waals surface area contributed by atoms with E-state index >= 15 is 0 Å². The lowest BCUT2D eigenvalue weighted by Gasteiger charge is -2.03. The van der Waals surface area contributed by atoms with Crippen LogP contribution in [-0.4, -0.2) is 18.5 Å². The minimum Gasteiger partial charge on any atom is -0.463 e. The number of rotatable bonds is 5. The molecule has 0 atom stereocenters. The van der Waals surface area contributed by atoms with E-state index in [1.165, 1.54) is 6.08 Å². The maximum Gasteiger partial charge on any atom is 0.330 e. The van der Waals surface area contributed by atoms with E-state index in [1.54, 1.807) is 43.3 Å². The van der Waals surface area contributed by atoms with Crippen molar-refractivity contribution in [3.05, 3.63) is 72.0 Å². The van der Waals surface area contributed by atoms with Crippen LogP contribution >= 0.6 is 0 Å². The molecule has 0 spiro atoms. The molecule has 0 radical (unpaired) electrons. The average molecular weight is 335 g/mol. The minimum absolute atomic E-state index is 0.257. The van der Waals surface area contributed by atoms with Gasteiger partial charge in [0.2, 0.25) is 0 Å². The highest BCUT2D eigenvalue weighted by atomic mass is 16.5. The van der Waals surface area contributed by atoms with Gasteiger partial charge in [-0.3, -0.25) is 4.79 Å². The summed E-state index contributed by atoms with van der Waals surface area (Å²) in [6.07, 6.45) is 3.02. The van der Waals surface area contributed by atoms with Crippen molar-refractivity contribution in [3.63, 3.8) is 0 Å². The third-order valence-corrected chi connectivity index (χ3v) is 3.52. The largest absolute Gasteiger partial charge is 0.463 e. The van der Waals surface area contributed by atoms with Gasteiger partial charge < -0.3 is 14.5 Å². The van der Waals surface area contributed by atoms with Crippen molar-refractivity contribution in [2.24, 2.45) is 0 Å². The SMILES string of the molecule is CCOC(=O)/C=C/c1ccc(NC(=O)c2cc3ccccc3o2)cc1. The number of anilines is 1. The Morgan fingerprint density at radius 3 is 2.60 bits per heavy atom. The fourth-order valence-electron chi connectivity index (χ4n) is 2.32. The van der Waals surface area contributed by atoms with Crippen molar-refractivity contribution in [2.75, 3.05) is 11.9 Å². The molecule has 5 nitrogen and oxygen atoms in total. The quantitative estimate of drug-likeness (QED) is 0.559. The number of furan rings is 1. The van der Waals surface area contributed by atoms with E-state index in [2.05, 4.69) is 5.32 Å². The average Bonchev–Trinajstić information content (AvgIpc) is 3.06. The van der Waals surface area contributed by atoms with Gasteiger partial charge in [0.25, 0.3) is 5.91 Å². The number of para-hydroxylation sites is 1. The van der Waals surface area contributed by atoms with Gasteiger partial charge in [0, 0.05) is 17.1 Å². The second-order valence-electron chi connectivity index (χ2n) is 5.31. The molecule has 3 rings (SSSR count). The van der Waals surface area contributed by atoms with Crippen LogP contribution in [0, 0.1) is 0 Å². The Hall–Kier alpha value is -3.34. The zero-order valence-electron chi connectivity index (χ0n) is 13.7. The molecule has 0 aliphatic carbocycles. The lowest BCUT2D eigenvalue weighted by molar-refractivity contribution is -0.137. The third kappa shape index (κ3) is 4.14. The smallest absolute Gasteiger partial charge is 0.330 e. The van der Waals surface area contributed by atoms with Crippen LogP contribution < -0.4 is 5.32 Å². The highest BCUT2D eigenvalue weighted by molar-refractivity contribution is 6.04. The topological polar surface area (TPSA) is 68.5 Å². The number of amides is 1. The van der Waals surface area contributed by atoms with Gasteiger partial charge in [-0.15, -0.1) is 0 Å². The number of nitrogens with one attached hydrogen (secondary N) is 1. The molecule has 0 bridgehead atoms. The molecule has 0 saturated heterocycles. The Bertz CT molecular complexity index is 889. The molecule has 5 heteroatoms. The number of ether oxygens (including phenoxy) is 1. The van der Waals surface area contributed by atoms with Gasteiger partial charge >= 0.3 is 5.97 Å². The summed E-state index contributed by atoms with van der Waals surface area (Å²) < 4.78 is 10.4. The lowest BCUT2D eigenvalue weighted by Crippen LogP contribution is -2.10. The predicted octanol–water partition coefficient (Wildman–Crippen LogP) is 4.26. The monoisotopic (exact) mass is 335 g/mol. The molecule has 0 saturated carbocycles. The van der Waals surface area contributed by atoms with E-state index in [4.69, 9.17) is 9.15 Å². The van der Waals surface area contributed by atoms with Crippen LogP contribution in [0.3, 0.4) is 0 Å². The number of fused-ring (bicyclic) bond motifs is 1. The molecular weight excluding hydrogens is 318 g/mol. The van der Waals surface area contributed by atoms with Crippen LogP contribution in [0.2, 0.25) is 0 Å². The second-order valence-corrected chi connectivity index (χ2v) is 5.31. The first kappa shape index (κ1) is 16.5. The molecule has 0 aliphatic heterocycles. The number of hydrogen-bond acceptors (Lipinski definition) is 4. The van der Waals surface area contributed by atoms with Crippen molar-refractivity contribution < 1.29 is 18.7 Å². The summed E-state index contributed by atoms with van der Waals surface area (Å²) >= 11 is 0. The minimum atomic E-state index is -0.384. The fraction of sp³-hybridized carbons (Fsp3) is 0.100. The number of carbonyl (C=O) groups is 2. The molecule has 1 N–H and O–H groups in total. The van der Waals surface area contributed by atoms with Crippen LogP contribution in [0.4, 0.5) is 5.69 Å². The highest BCUT2D eigenvalue weighted by Crippen LogP contribution is 2.20. The van der Waals surface area contributed by atoms with Gasteiger partial charge in [-0.1, -0.05) is 30.3 Å². The number of hydrogen-bond donors (Lipinski definition) is 1. The molecule has 0 aliphatic rings. The van der Waals surface area contributed by atoms with E-state index in [0.29, 0.717) is 17.9 Å². The summed E-state index contributed by atoms with van der Waals surface area (Å²) in [6.45, 7) is 2.10. The van der Waals surface area contributed by atoms with Crippen LogP contribution in [0.1, 0.15) is 23.0 Å². The summed E-state index contributed by atoms with van der Waals surface area (Å²) in [5.74, 6) is -0.441. The maximum atomic E-state index is 12.3. The van der Waals surface area contributed by atoms with Gasteiger partial charge in [-0.05, 0) is 42.8 Å². The molecule has 126 valence electrons. The summed E-state index contributed by atoms with van der Waals surface area (Å²) in [5, 5.41) is 3.66. The van der Waals surface area contributed by atoms with E-state index in [9.17, 15) is 9.59 Å². The fourth-order valence-corrected chi connectivity index (χ4v) is 2.32. The van der Waals surface area contributed by atoms with E-state index in [0.717, 1.165) is 10.9 Å². The summed E-state index contributed by atoms with van der Waals surface area (Å²) in [5.41, 5.74) is 2.14. The van der Waals surface area contributed by atoms with Gasteiger partial charge in [-0.2, -0.15) is 0 Å². The highest BCUT2D eigenvalue weighted by Gasteiger charge is 2.12. The zero-order valence-corrected chi connectivity index (χ0v) is 13.7. The van der Waals surface area contributed by atoms with Gasteiger partial charge in [0.1, 0.15) is 5.58 Å². The van der Waals surface area contributed by atoms with Gasteiger partial charge in [0.15, 0.2) is 5.76 Å². The lowest BCUT2D eigenvalue weighted by atomic mass is 10.2. The molecule has 1 amide bonds. The summed E-state index contributed by atoms with van der Waals surface area (Å²) in [4.78, 5) is 23.6. The normalized spacial score (nSPS) is 10.9. The van der Waals surface area contributed by atoms with E-state index < -0.39 is 0 Å². The van der Waals surface area contributed by atoms with Crippen molar-refractivity contribution in [2.45, 2.75) is 6.92 Å². The molecule has 3 aromatic rings. The Labute approximate surface area is 144 Å². The molecule has 2 aromatic carbocycles. The number of benzene rings is 2. The van der Waals surface area contributed by atoms with E-state index in [1.807, 2.05) is 24.3 Å². The number of carbonyl (C=O) groups excluding carboxylic acids is 2. The van der Waals surface area contributed by atoms with Crippen molar-refractivity contribution >= 4 is 34.6 Å². The van der Waals surface area contributed by atoms with Gasteiger partial charge in [-0.25, -0.2) is 4.79 Å². The zero-order chi connectivity index (χ0) is 17.6. The van der Waals surface area contributed by atoms with Crippen LogP contribution in [0.25, 0.3) is 17.0 Å². The van der Waals surface area contributed by atoms with Crippen molar-refractivity contribution in [3.8, 4) is 0 Å². The Balaban J connectivity index is 1.66. The number of esters is 1. The predicted molar refractivity (Wildman–Crippen MR) is 96.3 cm³/mol. The second kappa shape index (κ2) is 7.49. The van der Waals surface area contributed by atoms with Crippen molar-refractivity contribution in [1.29, 1.82) is 0 Å². The standard InChI is InChI=1S/C20H17NO4/c1-2-24-19(22)12-9-14-7-10-16(11-8-14)21-20(23)18-13-15-5-3-4-6-17(15)25-18/h3-13H,2H2,1H3,(H,21,23)/b12-9+.